The van der Waals surface area contributed by atoms with Gasteiger partial charge < -0.3 is 4.74 Å². The van der Waals surface area contributed by atoms with Gasteiger partial charge in [0.15, 0.2) is 0 Å². The third kappa shape index (κ3) is 3.82. The van der Waals surface area contributed by atoms with E-state index in [1.807, 2.05) is 24.5 Å². The number of nitrogens with zero attached hydrogens (tertiary/aromatic N) is 1. The smallest absolute Gasteiger partial charge is 0.135 e. The number of hydrogen-bond acceptors (Lipinski definition) is 2. The zero-order valence-corrected chi connectivity index (χ0v) is 25.4. The van der Waals surface area contributed by atoms with E-state index in [1.54, 1.807) is 0 Å². The van der Waals surface area contributed by atoms with Gasteiger partial charge in [-0.2, -0.15) is 0 Å². The summed E-state index contributed by atoms with van der Waals surface area (Å²) in [5.41, 5.74) is 9.61. The van der Waals surface area contributed by atoms with Gasteiger partial charge in [-0.15, -0.1) is 0 Å². The Morgan fingerprint density at radius 1 is 0.340 bits per heavy atom. The van der Waals surface area contributed by atoms with Crippen LogP contribution in [0.1, 0.15) is 0 Å². The Kier molecular flexibility index (Phi) is 5.61. The van der Waals surface area contributed by atoms with Gasteiger partial charge in [0.05, 0.1) is 0 Å². The quantitative estimate of drug-likeness (QED) is 0.189. The number of aromatic nitrogens is 1. The van der Waals surface area contributed by atoms with E-state index in [-0.39, 0.29) is 0 Å². The highest BCUT2D eigenvalue weighted by Crippen LogP contribution is 2.51. The molecule has 1 aliphatic heterocycles. The summed E-state index contributed by atoms with van der Waals surface area (Å²) in [5.74, 6) is 1.81. The van der Waals surface area contributed by atoms with Crippen LogP contribution in [0.3, 0.4) is 0 Å². The van der Waals surface area contributed by atoms with Gasteiger partial charge in [0.25, 0.3) is 0 Å². The van der Waals surface area contributed by atoms with Crippen LogP contribution in [0.5, 0.6) is 11.5 Å². The van der Waals surface area contributed by atoms with Crippen LogP contribution in [-0.2, 0) is 0 Å². The molecule has 1 aromatic heterocycles. The van der Waals surface area contributed by atoms with Crippen molar-refractivity contribution in [2.75, 3.05) is 0 Å². The largest absolute Gasteiger partial charge is 0.456 e. The highest BCUT2D eigenvalue weighted by molar-refractivity contribution is 6.26. The van der Waals surface area contributed by atoms with Crippen molar-refractivity contribution in [2.24, 2.45) is 0 Å². The molecule has 2 heterocycles. The van der Waals surface area contributed by atoms with Gasteiger partial charge in [-0.1, -0.05) is 127 Å². The highest BCUT2D eigenvalue weighted by Gasteiger charge is 2.24. The summed E-state index contributed by atoms with van der Waals surface area (Å²) < 4.78 is 6.47. The second-order valence-corrected chi connectivity index (χ2v) is 12.2. The topological polar surface area (TPSA) is 22.1 Å². The molecule has 0 radical (unpaired) electrons. The molecule has 0 saturated carbocycles. The molecule has 0 saturated heterocycles. The van der Waals surface area contributed by atoms with Gasteiger partial charge in [0.1, 0.15) is 11.5 Å². The minimum absolute atomic E-state index is 0.905. The summed E-state index contributed by atoms with van der Waals surface area (Å²) in [6.45, 7) is 0. The molecule has 9 aromatic rings. The summed E-state index contributed by atoms with van der Waals surface area (Å²) in [5, 5.41) is 9.76. The van der Waals surface area contributed by atoms with Crippen LogP contribution in [0.25, 0.3) is 87.6 Å². The molecule has 0 amide bonds. The lowest BCUT2D eigenvalue weighted by molar-refractivity contribution is 0.487. The molecule has 1 aliphatic rings. The molecule has 2 heteroatoms. The van der Waals surface area contributed by atoms with E-state index in [4.69, 9.17) is 4.74 Å². The van der Waals surface area contributed by atoms with E-state index >= 15 is 0 Å². The lowest BCUT2D eigenvalue weighted by Crippen LogP contribution is -1.98. The number of rotatable bonds is 3. The Labute approximate surface area is 272 Å². The number of benzene rings is 8. The Hall–Kier alpha value is -6.25. The van der Waals surface area contributed by atoms with Gasteiger partial charge in [0.2, 0.25) is 0 Å². The first-order valence-corrected chi connectivity index (χ1v) is 16.0. The lowest BCUT2D eigenvalue weighted by atomic mass is 9.82. The maximum absolute atomic E-state index is 6.47. The second kappa shape index (κ2) is 10.1. The molecule has 2 nitrogen and oxygen atoms in total. The van der Waals surface area contributed by atoms with Crippen LogP contribution in [0.4, 0.5) is 0 Å². The standard InChI is InChI=1S/C45H27NO/c1-2-13-31-30(12-1)29(28-11-10-26-46-27-28)22-23-39(31)43-34-15-3-5-17-36(34)44(37-18-6-4-16-35(37)43)40-24-25-42-45-33(19-9-20-38(40)45)32-14-7-8-21-41(32)47-42/h1-27H. The summed E-state index contributed by atoms with van der Waals surface area (Å²) in [6, 6.07) is 54.7. The first-order valence-electron chi connectivity index (χ1n) is 16.0. The fourth-order valence-corrected chi connectivity index (χ4v) is 7.80. The number of hydrogen-bond donors (Lipinski definition) is 0. The Morgan fingerprint density at radius 3 is 1.55 bits per heavy atom. The van der Waals surface area contributed by atoms with Crippen molar-refractivity contribution in [2.45, 2.75) is 0 Å². The molecule has 0 unspecified atom stereocenters. The van der Waals surface area contributed by atoms with E-state index in [0.29, 0.717) is 0 Å². The summed E-state index contributed by atoms with van der Waals surface area (Å²) >= 11 is 0. The molecule has 10 rings (SSSR count). The van der Waals surface area contributed by atoms with Gasteiger partial charge in [-0.05, 0) is 95.3 Å². The molecular weight excluding hydrogens is 571 g/mol. The summed E-state index contributed by atoms with van der Waals surface area (Å²) in [7, 11) is 0. The van der Waals surface area contributed by atoms with Crippen LogP contribution >= 0.6 is 0 Å². The van der Waals surface area contributed by atoms with Crippen molar-refractivity contribution in [1.29, 1.82) is 0 Å². The van der Waals surface area contributed by atoms with Crippen molar-refractivity contribution >= 4 is 43.1 Å². The minimum atomic E-state index is 0.905. The molecule has 0 spiro atoms. The molecule has 0 N–H and O–H groups in total. The maximum Gasteiger partial charge on any atom is 0.135 e. The Balaban J connectivity index is 1.30. The minimum Gasteiger partial charge on any atom is -0.456 e. The first-order chi connectivity index (χ1) is 23.3. The van der Waals surface area contributed by atoms with Crippen LogP contribution in [0.15, 0.2) is 164 Å². The average Bonchev–Trinajstić information content (AvgIpc) is 3.14. The third-order valence-electron chi connectivity index (χ3n) is 9.77. The van der Waals surface area contributed by atoms with Gasteiger partial charge >= 0.3 is 0 Å². The molecular formula is C45H27NO. The SMILES string of the molecule is c1cncc(-c2ccc(-c3c4ccccc4c(-c4ccc5c6c(cccc46)-c4ccccc4O5)c4ccccc34)c3ccccc23)c1. The number of para-hydroxylation sites is 1. The van der Waals surface area contributed by atoms with Crippen molar-refractivity contribution in [1.82, 2.24) is 4.98 Å². The van der Waals surface area contributed by atoms with E-state index in [9.17, 15) is 0 Å². The zero-order chi connectivity index (χ0) is 30.9. The fraction of sp³-hybridized carbons (Fsp3) is 0. The van der Waals surface area contributed by atoms with E-state index in [2.05, 4.69) is 145 Å². The zero-order valence-electron chi connectivity index (χ0n) is 25.4. The molecule has 218 valence electrons. The predicted octanol–water partition coefficient (Wildman–Crippen LogP) is 12.5. The van der Waals surface area contributed by atoms with Crippen LogP contribution < -0.4 is 4.74 Å². The van der Waals surface area contributed by atoms with Crippen LogP contribution in [0.2, 0.25) is 0 Å². The van der Waals surface area contributed by atoms with E-state index < -0.39 is 0 Å². The molecule has 0 aliphatic carbocycles. The number of pyridine rings is 1. The molecule has 0 atom stereocenters. The van der Waals surface area contributed by atoms with Crippen molar-refractivity contribution in [3.8, 4) is 56.0 Å². The van der Waals surface area contributed by atoms with Gasteiger partial charge in [-0.25, -0.2) is 0 Å². The van der Waals surface area contributed by atoms with Gasteiger partial charge in [0, 0.05) is 28.9 Å². The summed E-state index contributed by atoms with van der Waals surface area (Å²) in [4.78, 5) is 4.41. The monoisotopic (exact) mass is 597 g/mol. The molecule has 0 fully saturated rings. The van der Waals surface area contributed by atoms with Gasteiger partial charge in [-0.3, -0.25) is 4.98 Å². The Morgan fingerprint density at radius 2 is 0.872 bits per heavy atom. The lowest BCUT2D eigenvalue weighted by Gasteiger charge is -2.24. The number of ether oxygens (including phenoxy) is 1. The predicted molar refractivity (Wildman–Crippen MR) is 196 cm³/mol. The summed E-state index contributed by atoms with van der Waals surface area (Å²) in [6.07, 6.45) is 3.78. The second-order valence-electron chi connectivity index (χ2n) is 12.2. The van der Waals surface area contributed by atoms with Crippen molar-refractivity contribution in [3.05, 3.63) is 164 Å². The molecule has 47 heavy (non-hydrogen) atoms. The van der Waals surface area contributed by atoms with Crippen molar-refractivity contribution < 1.29 is 4.74 Å². The first kappa shape index (κ1) is 26.0. The van der Waals surface area contributed by atoms with Crippen molar-refractivity contribution in [3.63, 3.8) is 0 Å². The maximum atomic E-state index is 6.47. The molecule has 0 bridgehead atoms. The number of fused-ring (bicyclic) bond motifs is 5. The van der Waals surface area contributed by atoms with Crippen LogP contribution in [0, 0.1) is 0 Å². The van der Waals surface area contributed by atoms with E-state index in [1.165, 1.54) is 71.1 Å². The van der Waals surface area contributed by atoms with Crippen LogP contribution in [-0.4, -0.2) is 4.98 Å². The average molecular weight is 598 g/mol. The fourth-order valence-electron chi connectivity index (χ4n) is 7.80. The third-order valence-corrected chi connectivity index (χ3v) is 9.77. The van der Waals surface area contributed by atoms with E-state index in [0.717, 1.165) is 28.0 Å². The Bertz CT molecular complexity index is 2650. The normalized spacial score (nSPS) is 12.0. The highest BCUT2D eigenvalue weighted by atomic mass is 16.5. The molecule has 8 aromatic carbocycles.